The number of amides is 2. The highest BCUT2D eigenvalue weighted by molar-refractivity contribution is 8.00. The van der Waals surface area contributed by atoms with Gasteiger partial charge in [0.2, 0.25) is 0 Å². The summed E-state index contributed by atoms with van der Waals surface area (Å²) in [6, 6.07) is -0.586. The topological polar surface area (TPSA) is 60.9 Å². The van der Waals surface area contributed by atoms with Gasteiger partial charge in [0.1, 0.15) is 6.04 Å². The summed E-state index contributed by atoms with van der Waals surface area (Å²) in [5, 5.41) is 9.18. The third-order valence-electron chi connectivity index (χ3n) is 4.09. The summed E-state index contributed by atoms with van der Waals surface area (Å²) in [6.45, 7) is 6.83. The first-order chi connectivity index (χ1) is 8.91. The van der Waals surface area contributed by atoms with Gasteiger partial charge in [-0.15, -0.1) is 11.8 Å². The Morgan fingerprint density at radius 1 is 1.21 bits per heavy atom. The molecule has 2 rings (SSSR count). The summed E-state index contributed by atoms with van der Waals surface area (Å²) < 4.78 is 0. The van der Waals surface area contributed by atoms with Crippen molar-refractivity contribution in [2.45, 2.75) is 51.1 Å². The predicted octanol–water partition coefficient (Wildman–Crippen LogP) is 2.07. The zero-order valence-electron chi connectivity index (χ0n) is 11.7. The van der Waals surface area contributed by atoms with Crippen LogP contribution in [0.4, 0.5) is 4.79 Å². The van der Waals surface area contributed by atoms with Crippen molar-refractivity contribution in [2.24, 2.45) is 5.92 Å². The third-order valence-corrected chi connectivity index (χ3v) is 5.31. The second kappa shape index (κ2) is 5.61. The Labute approximate surface area is 118 Å². The van der Waals surface area contributed by atoms with Crippen LogP contribution in [0.1, 0.15) is 33.6 Å². The van der Waals surface area contributed by atoms with E-state index in [-0.39, 0.29) is 17.4 Å². The van der Waals surface area contributed by atoms with Gasteiger partial charge >= 0.3 is 12.0 Å². The van der Waals surface area contributed by atoms with Gasteiger partial charge in [0.05, 0.1) is 5.37 Å². The molecule has 0 spiro atoms. The molecule has 2 fully saturated rings. The van der Waals surface area contributed by atoms with E-state index in [4.69, 9.17) is 0 Å². The molecule has 0 saturated carbocycles. The molecule has 2 heterocycles. The quantitative estimate of drug-likeness (QED) is 0.801. The van der Waals surface area contributed by atoms with E-state index >= 15 is 0 Å². The first kappa shape index (κ1) is 14.5. The number of carboxylic acid groups (broad SMARTS) is 1. The van der Waals surface area contributed by atoms with E-state index in [0.717, 1.165) is 19.4 Å². The van der Waals surface area contributed by atoms with Gasteiger partial charge in [-0.2, -0.15) is 0 Å². The Balaban J connectivity index is 2.14. The maximum atomic E-state index is 12.7. The van der Waals surface area contributed by atoms with E-state index in [1.807, 2.05) is 18.7 Å². The van der Waals surface area contributed by atoms with E-state index in [1.165, 1.54) is 11.8 Å². The molecule has 5 nitrogen and oxygen atoms in total. The summed E-state index contributed by atoms with van der Waals surface area (Å²) in [4.78, 5) is 27.3. The van der Waals surface area contributed by atoms with Crippen molar-refractivity contribution in [3.63, 3.8) is 0 Å². The number of thioether (sulfide) groups is 1. The van der Waals surface area contributed by atoms with E-state index in [2.05, 4.69) is 6.92 Å². The molecule has 2 amide bonds. The maximum Gasteiger partial charge on any atom is 0.327 e. The van der Waals surface area contributed by atoms with E-state index in [1.54, 1.807) is 4.90 Å². The van der Waals surface area contributed by atoms with Gasteiger partial charge in [-0.25, -0.2) is 9.59 Å². The lowest BCUT2D eigenvalue weighted by atomic mass is 9.95. The van der Waals surface area contributed by atoms with Crippen LogP contribution in [0.3, 0.4) is 0 Å². The molecule has 0 aliphatic carbocycles. The number of hydrogen-bond donors (Lipinski definition) is 1. The van der Waals surface area contributed by atoms with Crippen molar-refractivity contribution in [3.05, 3.63) is 0 Å². The van der Waals surface area contributed by atoms with Crippen molar-refractivity contribution in [1.82, 2.24) is 9.80 Å². The van der Waals surface area contributed by atoms with Gasteiger partial charge in [0.15, 0.2) is 0 Å². The summed E-state index contributed by atoms with van der Waals surface area (Å²) in [6.07, 6.45) is 2.14. The standard InChI is InChI=1S/C13H22N2O3S/c1-8-4-5-9(2)14(6-8)13(18)15-10(3)19-7-11(15)12(16)17/h8-11H,4-7H2,1-3H3,(H,16,17). The molecule has 0 radical (unpaired) electrons. The number of hydrogen-bond acceptors (Lipinski definition) is 3. The number of nitrogens with zero attached hydrogens (tertiary/aromatic N) is 2. The van der Waals surface area contributed by atoms with Crippen molar-refractivity contribution >= 4 is 23.8 Å². The lowest BCUT2D eigenvalue weighted by molar-refractivity contribution is -0.141. The highest BCUT2D eigenvalue weighted by Crippen LogP contribution is 2.32. The largest absolute Gasteiger partial charge is 0.480 e. The number of piperidine rings is 1. The number of carbonyl (C=O) groups is 2. The Hall–Kier alpha value is -0.910. The fourth-order valence-electron chi connectivity index (χ4n) is 2.83. The molecule has 0 aromatic carbocycles. The predicted molar refractivity (Wildman–Crippen MR) is 75.1 cm³/mol. The number of carboxylic acids is 1. The molecule has 6 heteroatoms. The Morgan fingerprint density at radius 3 is 2.53 bits per heavy atom. The van der Waals surface area contributed by atoms with Crippen LogP contribution in [0.25, 0.3) is 0 Å². The molecule has 2 saturated heterocycles. The zero-order chi connectivity index (χ0) is 14.2. The number of urea groups is 1. The second-order valence-corrected chi connectivity index (χ2v) is 7.01. The SMILES string of the molecule is CC1CCC(C)N(C(=O)N2C(C)SCC2C(=O)O)C1. The molecule has 0 aromatic heterocycles. The van der Waals surface area contributed by atoms with Crippen LogP contribution in [0, 0.1) is 5.92 Å². The number of likely N-dealkylation sites (tertiary alicyclic amines) is 1. The molecular weight excluding hydrogens is 264 g/mol. The maximum absolute atomic E-state index is 12.7. The highest BCUT2D eigenvalue weighted by atomic mass is 32.2. The second-order valence-electron chi connectivity index (χ2n) is 5.66. The molecule has 0 aromatic rings. The van der Waals surface area contributed by atoms with E-state index in [9.17, 15) is 14.7 Å². The monoisotopic (exact) mass is 286 g/mol. The fourth-order valence-corrected chi connectivity index (χ4v) is 3.99. The Bertz CT molecular complexity index is 377. The van der Waals surface area contributed by atoms with Gasteiger partial charge in [0.25, 0.3) is 0 Å². The van der Waals surface area contributed by atoms with Crippen molar-refractivity contribution in [2.75, 3.05) is 12.3 Å². The Morgan fingerprint density at radius 2 is 1.89 bits per heavy atom. The van der Waals surface area contributed by atoms with Crippen LogP contribution in [0.2, 0.25) is 0 Å². The van der Waals surface area contributed by atoms with Crippen LogP contribution in [-0.2, 0) is 4.79 Å². The van der Waals surface area contributed by atoms with Gasteiger partial charge < -0.3 is 10.0 Å². The van der Waals surface area contributed by atoms with Gasteiger partial charge in [-0.1, -0.05) is 6.92 Å². The minimum Gasteiger partial charge on any atom is -0.480 e. The zero-order valence-corrected chi connectivity index (χ0v) is 12.5. The summed E-state index contributed by atoms with van der Waals surface area (Å²) in [7, 11) is 0. The van der Waals surface area contributed by atoms with Crippen molar-refractivity contribution < 1.29 is 14.7 Å². The van der Waals surface area contributed by atoms with Crippen LogP contribution in [0.15, 0.2) is 0 Å². The molecule has 0 bridgehead atoms. The normalized spacial score (nSPS) is 35.5. The summed E-state index contributed by atoms with van der Waals surface area (Å²) in [5.74, 6) is 0.0805. The average Bonchev–Trinajstić information content (AvgIpc) is 2.73. The minimum absolute atomic E-state index is 0.0574. The lowest BCUT2D eigenvalue weighted by Gasteiger charge is -2.40. The molecule has 1 N–H and O–H groups in total. The van der Waals surface area contributed by atoms with Gasteiger partial charge in [0, 0.05) is 18.3 Å². The van der Waals surface area contributed by atoms with Crippen LogP contribution >= 0.6 is 11.8 Å². The van der Waals surface area contributed by atoms with Gasteiger partial charge in [-0.3, -0.25) is 4.90 Å². The molecule has 2 aliphatic rings. The van der Waals surface area contributed by atoms with Crippen molar-refractivity contribution in [1.29, 1.82) is 0 Å². The van der Waals surface area contributed by atoms with Crippen LogP contribution < -0.4 is 0 Å². The smallest absolute Gasteiger partial charge is 0.327 e. The summed E-state index contributed by atoms with van der Waals surface area (Å²) >= 11 is 1.53. The molecule has 4 atom stereocenters. The number of carbonyl (C=O) groups excluding carboxylic acids is 1. The van der Waals surface area contributed by atoms with Gasteiger partial charge in [-0.05, 0) is 32.6 Å². The molecule has 4 unspecified atom stereocenters. The molecule has 2 aliphatic heterocycles. The summed E-state index contributed by atoms with van der Waals surface area (Å²) in [5.41, 5.74) is 0. The van der Waals surface area contributed by atoms with Crippen LogP contribution in [0.5, 0.6) is 0 Å². The molecular formula is C13H22N2O3S. The number of rotatable bonds is 1. The van der Waals surface area contributed by atoms with Crippen LogP contribution in [-0.4, -0.2) is 56.7 Å². The van der Waals surface area contributed by atoms with E-state index in [0.29, 0.717) is 11.7 Å². The minimum atomic E-state index is -0.900. The molecule has 108 valence electrons. The first-order valence-electron chi connectivity index (χ1n) is 6.85. The molecule has 19 heavy (non-hydrogen) atoms. The fraction of sp³-hybridized carbons (Fsp3) is 0.846. The Kier molecular flexibility index (Phi) is 4.28. The average molecular weight is 286 g/mol. The first-order valence-corrected chi connectivity index (χ1v) is 7.90. The van der Waals surface area contributed by atoms with E-state index < -0.39 is 12.0 Å². The number of aliphatic carboxylic acids is 1. The lowest BCUT2D eigenvalue weighted by Crippen LogP contribution is -2.55. The third kappa shape index (κ3) is 2.83. The highest BCUT2D eigenvalue weighted by Gasteiger charge is 2.42. The van der Waals surface area contributed by atoms with Crippen molar-refractivity contribution in [3.8, 4) is 0 Å².